The van der Waals surface area contributed by atoms with Crippen LogP contribution in [0, 0.1) is 5.41 Å². The first-order valence-corrected chi connectivity index (χ1v) is 6.42. The number of piperidine rings is 1. The molecule has 0 aliphatic carbocycles. The van der Waals surface area contributed by atoms with Crippen LogP contribution in [0.4, 0.5) is 5.82 Å². The van der Waals surface area contributed by atoms with Crippen LogP contribution in [0.25, 0.3) is 0 Å². The van der Waals surface area contributed by atoms with Crippen molar-refractivity contribution >= 4 is 17.4 Å². The zero-order chi connectivity index (χ0) is 12.3. The van der Waals surface area contributed by atoms with Gasteiger partial charge in [0.05, 0.1) is 0 Å². The summed E-state index contributed by atoms with van der Waals surface area (Å²) in [4.78, 5) is 0. The number of aromatic nitrogens is 2. The molecule has 0 spiro atoms. The molecule has 4 nitrogen and oxygen atoms in total. The van der Waals surface area contributed by atoms with Crippen molar-refractivity contribution in [2.24, 2.45) is 5.41 Å². The van der Waals surface area contributed by atoms with Gasteiger partial charge in [-0.25, -0.2) is 0 Å². The molecule has 0 radical (unpaired) electrons. The van der Waals surface area contributed by atoms with E-state index in [1.165, 1.54) is 12.8 Å². The van der Waals surface area contributed by atoms with Crippen LogP contribution < -0.4 is 10.6 Å². The molecule has 0 bridgehead atoms. The summed E-state index contributed by atoms with van der Waals surface area (Å²) in [5.41, 5.74) is 0.325. The van der Waals surface area contributed by atoms with E-state index in [-0.39, 0.29) is 0 Å². The van der Waals surface area contributed by atoms with Crippen molar-refractivity contribution in [2.45, 2.75) is 32.7 Å². The standard InChI is InChI=1S/C12H19ClN4/c1-12(2)6-3-7-14-9(12)8-15-11-5-4-10(13)16-17-11/h4-5,9,14H,3,6-8H2,1-2H3,(H,15,17). The third-order valence-electron chi connectivity index (χ3n) is 3.45. The molecule has 1 aromatic heterocycles. The van der Waals surface area contributed by atoms with Gasteiger partial charge in [0.15, 0.2) is 5.15 Å². The van der Waals surface area contributed by atoms with E-state index in [9.17, 15) is 0 Å². The normalized spacial score (nSPS) is 23.4. The number of halogens is 1. The molecule has 1 aliphatic rings. The molecule has 1 aromatic rings. The summed E-state index contributed by atoms with van der Waals surface area (Å²) in [6.45, 7) is 6.57. The van der Waals surface area contributed by atoms with E-state index in [1.807, 2.05) is 6.07 Å². The van der Waals surface area contributed by atoms with Gasteiger partial charge >= 0.3 is 0 Å². The zero-order valence-corrected chi connectivity index (χ0v) is 11.1. The molecule has 2 N–H and O–H groups in total. The van der Waals surface area contributed by atoms with Gasteiger partial charge in [0.1, 0.15) is 5.82 Å². The Labute approximate surface area is 107 Å². The number of hydrogen-bond donors (Lipinski definition) is 2. The van der Waals surface area contributed by atoms with Crippen molar-refractivity contribution < 1.29 is 0 Å². The molecular formula is C12H19ClN4. The van der Waals surface area contributed by atoms with E-state index in [2.05, 4.69) is 34.7 Å². The highest BCUT2D eigenvalue weighted by Crippen LogP contribution is 2.30. The van der Waals surface area contributed by atoms with E-state index in [0.717, 1.165) is 18.9 Å². The summed E-state index contributed by atoms with van der Waals surface area (Å²) in [5.74, 6) is 0.776. The van der Waals surface area contributed by atoms with Crippen molar-refractivity contribution in [3.63, 3.8) is 0 Å². The molecule has 1 aliphatic heterocycles. The van der Waals surface area contributed by atoms with E-state index in [4.69, 9.17) is 11.6 Å². The monoisotopic (exact) mass is 254 g/mol. The predicted octanol–water partition coefficient (Wildman–Crippen LogP) is 2.32. The van der Waals surface area contributed by atoms with E-state index >= 15 is 0 Å². The quantitative estimate of drug-likeness (QED) is 0.869. The Bertz CT molecular complexity index is 363. The van der Waals surface area contributed by atoms with Crippen LogP contribution in [0.1, 0.15) is 26.7 Å². The van der Waals surface area contributed by atoms with Gasteiger partial charge in [0.25, 0.3) is 0 Å². The van der Waals surface area contributed by atoms with Crippen molar-refractivity contribution in [1.29, 1.82) is 0 Å². The van der Waals surface area contributed by atoms with Crippen LogP contribution in [0.3, 0.4) is 0 Å². The average Bonchev–Trinajstić information content (AvgIpc) is 2.29. The molecule has 0 amide bonds. The largest absolute Gasteiger partial charge is 0.367 e. The molecule has 17 heavy (non-hydrogen) atoms. The van der Waals surface area contributed by atoms with Crippen LogP contribution in [0.15, 0.2) is 12.1 Å². The molecule has 2 heterocycles. The highest BCUT2D eigenvalue weighted by atomic mass is 35.5. The van der Waals surface area contributed by atoms with Crippen molar-refractivity contribution in [1.82, 2.24) is 15.5 Å². The molecule has 2 rings (SSSR count). The topological polar surface area (TPSA) is 49.8 Å². The Hall–Kier alpha value is -0.870. The number of nitrogens with one attached hydrogen (secondary N) is 2. The second-order valence-corrected chi connectivity index (χ2v) is 5.61. The lowest BCUT2D eigenvalue weighted by atomic mass is 9.77. The van der Waals surface area contributed by atoms with Crippen LogP contribution in [-0.4, -0.2) is 29.3 Å². The van der Waals surface area contributed by atoms with Gasteiger partial charge < -0.3 is 10.6 Å². The number of nitrogens with zero attached hydrogens (tertiary/aromatic N) is 2. The fourth-order valence-corrected chi connectivity index (χ4v) is 2.34. The molecule has 1 saturated heterocycles. The minimum atomic E-state index is 0.325. The summed E-state index contributed by atoms with van der Waals surface area (Å²) < 4.78 is 0. The minimum absolute atomic E-state index is 0.325. The van der Waals surface area contributed by atoms with Gasteiger partial charge in [-0.15, -0.1) is 10.2 Å². The highest BCUT2D eigenvalue weighted by molar-refractivity contribution is 6.29. The maximum atomic E-state index is 5.69. The Balaban J connectivity index is 1.91. The minimum Gasteiger partial charge on any atom is -0.367 e. The molecule has 1 atom stereocenters. The Morgan fingerprint density at radius 2 is 2.29 bits per heavy atom. The Morgan fingerprint density at radius 3 is 2.94 bits per heavy atom. The van der Waals surface area contributed by atoms with Crippen LogP contribution >= 0.6 is 11.6 Å². The van der Waals surface area contributed by atoms with Crippen LogP contribution in [-0.2, 0) is 0 Å². The third kappa shape index (κ3) is 3.30. The zero-order valence-electron chi connectivity index (χ0n) is 10.3. The summed E-state index contributed by atoms with van der Waals surface area (Å²) in [6.07, 6.45) is 2.52. The molecular weight excluding hydrogens is 236 g/mol. The first kappa shape index (κ1) is 12.6. The third-order valence-corrected chi connectivity index (χ3v) is 3.65. The highest BCUT2D eigenvalue weighted by Gasteiger charge is 2.31. The smallest absolute Gasteiger partial charge is 0.151 e. The van der Waals surface area contributed by atoms with Gasteiger partial charge in [-0.3, -0.25) is 0 Å². The summed E-state index contributed by atoms with van der Waals surface area (Å²) in [7, 11) is 0. The summed E-state index contributed by atoms with van der Waals surface area (Å²) >= 11 is 5.69. The second kappa shape index (κ2) is 5.19. The van der Waals surface area contributed by atoms with E-state index in [0.29, 0.717) is 16.6 Å². The van der Waals surface area contributed by atoms with Gasteiger partial charge in [-0.1, -0.05) is 25.4 Å². The molecule has 1 unspecified atom stereocenters. The van der Waals surface area contributed by atoms with E-state index < -0.39 is 0 Å². The van der Waals surface area contributed by atoms with Gasteiger partial charge in [0, 0.05) is 12.6 Å². The van der Waals surface area contributed by atoms with Crippen molar-refractivity contribution in [3.8, 4) is 0 Å². The lowest BCUT2D eigenvalue weighted by Crippen LogP contribution is -2.50. The first-order chi connectivity index (χ1) is 8.08. The molecule has 0 saturated carbocycles. The Kier molecular flexibility index (Phi) is 3.84. The second-order valence-electron chi connectivity index (χ2n) is 5.22. The van der Waals surface area contributed by atoms with Crippen LogP contribution in [0.5, 0.6) is 0 Å². The maximum absolute atomic E-state index is 5.69. The van der Waals surface area contributed by atoms with Crippen LogP contribution in [0.2, 0.25) is 5.15 Å². The SMILES string of the molecule is CC1(C)CCCNC1CNc1ccc(Cl)nn1. The number of rotatable bonds is 3. The van der Waals surface area contributed by atoms with Gasteiger partial charge in [-0.05, 0) is 36.9 Å². The number of hydrogen-bond acceptors (Lipinski definition) is 4. The molecule has 5 heteroatoms. The maximum Gasteiger partial charge on any atom is 0.151 e. The lowest BCUT2D eigenvalue weighted by Gasteiger charge is -2.39. The van der Waals surface area contributed by atoms with Gasteiger partial charge in [0.2, 0.25) is 0 Å². The summed E-state index contributed by atoms with van der Waals surface area (Å²) in [6, 6.07) is 4.07. The van der Waals surface area contributed by atoms with Crippen molar-refractivity contribution in [3.05, 3.63) is 17.3 Å². The lowest BCUT2D eigenvalue weighted by molar-refractivity contribution is 0.188. The van der Waals surface area contributed by atoms with E-state index in [1.54, 1.807) is 6.07 Å². The fraction of sp³-hybridized carbons (Fsp3) is 0.667. The summed E-state index contributed by atoms with van der Waals surface area (Å²) in [5, 5.41) is 15.1. The van der Waals surface area contributed by atoms with Crippen molar-refractivity contribution in [2.75, 3.05) is 18.4 Å². The molecule has 1 fully saturated rings. The van der Waals surface area contributed by atoms with Gasteiger partial charge in [-0.2, -0.15) is 0 Å². The molecule has 94 valence electrons. The molecule has 0 aromatic carbocycles. The fourth-order valence-electron chi connectivity index (χ4n) is 2.24. The average molecular weight is 255 g/mol. The first-order valence-electron chi connectivity index (χ1n) is 6.04. The Morgan fingerprint density at radius 1 is 1.47 bits per heavy atom. The predicted molar refractivity (Wildman–Crippen MR) is 70.3 cm³/mol. The number of anilines is 1.